The van der Waals surface area contributed by atoms with Gasteiger partial charge < -0.3 is 19.1 Å². The molecule has 1 aliphatic rings. The van der Waals surface area contributed by atoms with Gasteiger partial charge >= 0.3 is 11.9 Å². The van der Waals surface area contributed by atoms with Crippen molar-refractivity contribution < 1.29 is 28.6 Å². The van der Waals surface area contributed by atoms with Gasteiger partial charge in [0, 0.05) is 13.1 Å². The molecule has 27 heavy (non-hydrogen) atoms. The molecule has 0 N–H and O–H groups in total. The number of morpholine rings is 1. The maximum atomic E-state index is 12.7. The summed E-state index contributed by atoms with van der Waals surface area (Å²) in [6.07, 6.45) is 1.14. The highest BCUT2D eigenvalue weighted by molar-refractivity contribution is 6.03. The highest BCUT2D eigenvalue weighted by Gasteiger charge is 2.50. The van der Waals surface area contributed by atoms with Gasteiger partial charge in [0.05, 0.1) is 33.9 Å². The Morgan fingerprint density at radius 2 is 1.63 bits per heavy atom. The smallest absolute Gasteiger partial charge is 0.323 e. The number of esters is 2. The van der Waals surface area contributed by atoms with Gasteiger partial charge in [0.25, 0.3) is 0 Å². The lowest BCUT2D eigenvalue weighted by atomic mass is 9.78. The molecule has 7 nitrogen and oxygen atoms in total. The summed E-state index contributed by atoms with van der Waals surface area (Å²) in [7, 11) is 2.44. The lowest BCUT2D eigenvalue weighted by Gasteiger charge is -2.32. The van der Waals surface area contributed by atoms with E-state index in [9.17, 15) is 14.4 Å². The molecular weight excluding hydrogens is 350 g/mol. The number of hydrogen-bond donors (Lipinski definition) is 0. The van der Waals surface area contributed by atoms with Crippen molar-refractivity contribution in [2.75, 3.05) is 40.5 Å². The number of aryl methyl sites for hydroxylation is 1. The lowest BCUT2D eigenvalue weighted by molar-refractivity contribution is -0.173. The summed E-state index contributed by atoms with van der Waals surface area (Å²) in [6.45, 7) is 1.79. The Labute approximate surface area is 159 Å². The van der Waals surface area contributed by atoms with Crippen molar-refractivity contribution >= 4 is 17.8 Å². The fourth-order valence-corrected chi connectivity index (χ4v) is 3.33. The zero-order chi connectivity index (χ0) is 19.7. The molecule has 7 heteroatoms. The van der Waals surface area contributed by atoms with Crippen LogP contribution in [0.3, 0.4) is 0 Å². The van der Waals surface area contributed by atoms with Crippen LogP contribution in [0.1, 0.15) is 24.8 Å². The molecule has 1 heterocycles. The average molecular weight is 377 g/mol. The van der Waals surface area contributed by atoms with Crippen molar-refractivity contribution in [3.63, 3.8) is 0 Å². The molecule has 1 aromatic carbocycles. The summed E-state index contributed by atoms with van der Waals surface area (Å²) in [5, 5.41) is 0. The molecule has 0 unspecified atom stereocenters. The SMILES string of the molecule is COC(=O)C(CCCc1ccccc1)(CC(=O)N1CCOCC1)C(=O)OC. The summed E-state index contributed by atoms with van der Waals surface area (Å²) in [5.74, 6) is -1.73. The van der Waals surface area contributed by atoms with Crippen molar-refractivity contribution in [1.29, 1.82) is 0 Å². The highest BCUT2D eigenvalue weighted by atomic mass is 16.5. The van der Waals surface area contributed by atoms with Crippen LogP contribution in [0.25, 0.3) is 0 Å². The Bertz CT molecular complexity index is 623. The van der Waals surface area contributed by atoms with Gasteiger partial charge in [-0.3, -0.25) is 14.4 Å². The summed E-state index contributed by atoms with van der Waals surface area (Å²) in [5.41, 5.74) is -0.533. The zero-order valence-electron chi connectivity index (χ0n) is 15.9. The van der Waals surface area contributed by atoms with E-state index in [-0.39, 0.29) is 18.7 Å². The minimum absolute atomic E-state index is 0.178. The maximum Gasteiger partial charge on any atom is 0.323 e. The van der Waals surface area contributed by atoms with E-state index in [2.05, 4.69) is 0 Å². The topological polar surface area (TPSA) is 82.1 Å². The van der Waals surface area contributed by atoms with Crippen LogP contribution in [0.5, 0.6) is 0 Å². The summed E-state index contributed by atoms with van der Waals surface area (Å²) >= 11 is 0. The van der Waals surface area contributed by atoms with E-state index in [1.54, 1.807) is 4.90 Å². The highest BCUT2D eigenvalue weighted by Crippen LogP contribution is 2.33. The number of rotatable bonds is 8. The third-order valence-corrected chi connectivity index (χ3v) is 4.88. The van der Waals surface area contributed by atoms with E-state index in [0.29, 0.717) is 39.1 Å². The molecule has 1 saturated heterocycles. The fraction of sp³-hybridized carbons (Fsp3) is 0.550. The molecule has 1 aromatic rings. The normalized spacial score (nSPS) is 14.5. The number of carbonyl (C=O) groups is 3. The van der Waals surface area contributed by atoms with Crippen LogP contribution in [0.2, 0.25) is 0 Å². The quantitative estimate of drug-likeness (QED) is 0.505. The summed E-state index contributed by atoms with van der Waals surface area (Å²) < 4.78 is 15.0. The predicted octanol–water partition coefficient (Wildman–Crippen LogP) is 1.59. The van der Waals surface area contributed by atoms with E-state index < -0.39 is 17.4 Å². The average Bonchev–Trinajstić information content (AvgIpc) is 2.73. The van der Waals surface area contributed by atoms with Gasteiger partial charge in [0.1, 0.15) is 0 Å². The van der Waals surface area contributed by atoms with Crippen LogP contribution >= 0.6 is 0 Å². The first-order valence-corrected chi connectivity index (χ1v) is 9.10. The second-order valence-corrected chi connectivity index (χ2v) is 6.57. The predicted molar refractivity (Wildman–Crippen MR) is 97.9 cm³/mol. The molecule has 1 amide bonds. The number of ether oxygens (including phenoxy) is 3. The van der Waals surface area contributed by atoms with Gasteiger partial charge in [0.2, 0.25) is 5.91 Å². The van der Waals surface area contributed by atoms with Gasteiger partial charge in [-0.05, 0) is 24.8 Å². The van der Waals surface area contributed by atoms with Crippen LogP contribution < -0.4 is 0 Å². The molecule has 0 aromatic heterocycles. The minimum atomic E-state index is -1.63. The number of amides is 1. The van der Waals surface area contributed by atoms with Gasteiger partial charge in [0.15, 0.2) is 5.41 Å². The Morgan fingerprint density at radius 3 is 2.19 bits per heavy atom. The first-order valence-electron chi connectivity index (χ1n) is 9.10. The lowest BCUT2D eigenvalue weighted by Crippen LogP contribution is -2.48. The Kier molecular flexibility index (Phi) is 7.79. The van der Waals surface area contributed by atoms with Crippen LogP contribution in [0.4, 0.5) is 0 Å². The molecular formula is C20H27NO6. The molecule has 0 bridgehead atoms. The number of nitrogens with zero attached hydrogens (tertiary/aromatic N) is 1. The number of methoxy groups -OCH3 is 2. The number of benzene rings is 1. The molecule has 0 aliphatic carbocycles. The van der Waals surface area contributed by atoms with E-state index in [1.165, 1.54) is 14.2 Å². The van der Waals surface area contributed by atoms with E-state index in [0.717, 1.165) is 5.56 Å². The number of carbonyl (C=O) groups excluding carboxylic acids is 3. The first kappa shape index (κ1) is 20.9. The fourth-order valence-electron chi connectivity index (χ4n) is 3.33. The molecule has 148 valence electrons. The van der Waals surface area contributed by atoms with Gasteiger partial charge in [-0.1, -0.05) is 30.3 Å². The van der Waals surface area contributed by atoms with Crippen LogP contribution in [-0.2, 0) is 35.0 Å². The first-order chi connectivity index (χ1) is 13.0. The van der Waals surface area contributed by atoms with Crippen molar-refractivity contribution in [3.05, 3.63) is 35.9 Å². The van der Waals surface area contributed by atoms with Gasteiger partial charge in [-0.15, -0.1) is 0 Å². The Balaban J connectivity index is 2.16. The van der Waals surface area contributed by atoms with Gasteiger partial charge in [-0.25, -0.2) is 0 Å². The van der Waals surface area contributed by atoms with Crippen molar-refractivity contribution in [2.24, 2.45) is 5.41 Å². The Morgan fingerprint density at radius 1 is 1.04 bits per heavy atom. The Hall–Kier alpha value is -2.41. The molecule has 2 rings (SSSR count). The third kappa shape index (κ3) is 5.29. The zero-order valence-corrected chi connectivity index (χ0v) is 15.9. The molecule has 0 spiro atoms. The van der Waals surface area contributed by atoms with Gasteiger partial charge in [-0.2, -0.15) is 0 Å². The van der Waals surface area contributed by atoms with E-state index in [1.807, 2.05) is 30.3 Å². The van der Waals surface area contributed by atoms with E-state index >= 15 is 0 Å². The standard InChI is InChI=1S/C20H27NO6/c1-25-18(23)20(19(24)26-2,10-6-9-16-7-4-3-5-8-16)15-17(22)21-11-13-27-14-12-21/h3-5,7-8H,6,9-15H2,1-2H3. The van der Waals surface area contributed by atoms with Crippen molar-refractivity contribution in [2.45, 2.75) is 25.7 Å². The molecule has 0 atom stereocenters. The molecule has 1 fully saturated rings. The molecule has 0 saturated carbocycles. The summed E-state index contributed by atoms with van der Waals surface area (Å²) in [4.78, 5) is 39.5. The molecule has 0 radical (unpaired) electrons. The van der Waals surface area contributed by atoms with Crippen LogP contribution in [-0.4, -0.2) is 63.3 Å². The third-order valence-electron chi connectivity index (χ3n) is 4.88. The van der Waals surface area contributed by atoms with Crippen molar-refractivity contribution in [3.8, 4) is 0 Å². The molecule has 1 aliphatic heterocycles. The van der Waals surface area contributed by atoms with Crippen LogP contribution in [0.15, 0.2) is 30.3 Å². The van der Waals surface area contributed by atoms with Crippen molar-refractivity contribution in [1.82, 2.24) is 4.90 Å². The second-order valence-electron chi connectivity index (χ2n) is 6.57. The maximum absolute atomic E-state index is 12.7. The van der Waals surface area contributed by atoms with E-state index in [4.69, 9.17) is 14.2 Å². The number of hydrogen-bond acceptors (Lipinski definition) is 6. The largest absolute Gasteiger partial charge is 0.468 e. The summed E-state index contributed by atoms with van der Waals surface area (Å²) in [6, 6.07) is 9.77. The minimum Gasteiger partial charge on any atom is -0.468 e. The second kappa shape index (κ2) is 10.1. The van der Waals surface area contributed by atoms with Crippen LogP contribution in [0, 0.1) is 5.41 Å². The monoisotopic (exact) mass is 377 g/mol.